The third-order valence-electron chi connectivity index (χ3n) is 2.51. The summed E-state index contributed by atoms with van der Waals surface area (Å²) in [6.45, 7) is -0.149. The highest BCUT2D eigenvalue weighted by molar-refractivity contribution is 6.30. The molecule has 0 atom stereocenters. The zero-order valence-corrected chi connectivity index (χ0v) is 11.0. The highest BCUT2D eigenvalue weighted by atomic mass is 35.5. The molecule has 2 N–H and O–H groups in total. The van der Waals surface area contributed by atoms with Crippen LogP contribution in [0.5, 0.6) is 0 Å². The van der Waals surface area contributed by atoms with Gasteiger partial charge in [0.2, 0.25) is 0 Å². The van der Waals surface area contributed by atoms with Gasteiger partial charge in [-0.15, -0.1) is 0 Å². The zero-order chi connectivity index (χ0) is 14.7. The SMILES string of the molecule is Nc1cc(F)cc(C(=O)OCc2ccc(Cl)c(F)c2)c1. The molecule has 0 aliphatic rings. The van der Waals surface area contributed by atoms with Crippen LogP contribution in [-0.2, 0) is 11.3 Å². The normalized spacial score (nSPS) is 10.3. The van der Waals surface area contributed by atoms with Gasteiger partial charge in [-0.3, -0.25) is 0 Å². The molecule has 0 aliphatic heterocycles. The van der Waals surface area contributed by atoms with Crippen molar-refractivity contribution in [1.82, 2.24) is 0 Å². The van der Waals surface area contributed by atoms with Crippen molar-refractivity contribution in [2.24, 2.45) is 0 Å². The number of esters is 1. The standard InChI is InChI=1S/C14H10ClF2NO2/c15-12-2-1-8(3-13(12)17)7-20-14(19)9-4-10(16)6-11(18)5-9/h1-6H,7,18H2. The molecule has 0 heterocycles. The van der Waals surface area contributed by atoms with Gasteiger partial charge < -0.3 is 10.5 Å². The second-order valence-electron chi connectivity index (χ2n) is 4.10. The Morgan fingerprint density at radius 2 is 1.95 bits per heavy atom. The third-order valence-corrected chi connectivity index (χ3v) is 2.82. The van der Waals surface area contributed by atoms with E-state index in [2.05, 4.69) is 0 Å². The second kappa shape index (κ2) is 5.88. The monoisotopic (exact) mass is 297 g/mol. The van der Waals surface area contributed by atoms with Gasteiger partial charge >= 0.3 is 5.97 Å². The molecule has 2 rings (SSSR count). The van der Waals surface area contributed by atoms with E-state index in [1.54, 1.807) is 0 Å². The van der Waals surface area contributed by atoms with Crippen LogP contribution in [0.1, 0.15) is 15.9 Å². The number of halogens is 3. The van der Waals surface area contributed by atoms with Crippen LogP contribution in [0.2, 0.25) is 5.02 Å². The van der Waals surface area contributed by atoms with E-state index < -0.39 is 17.6 Å². The van der Waals surface area contributed by atoms with Crippen molar-refractivity contribution in [3.8, 4) is 0 Å². The van der Waals surface area contributed by atoms with Crippen molar-refractivity contribution >= 4 is 23.3 Å². The maximum atomic E-state index is 13.2. The smallest absolute Gasteiger partial charge is 0.338 e. The summed E-state index contributed by atoms with van der Waals surface area (Å²) in [4.78, 5) is 11.7. The zero-order valence-electron chi connectivity index (χ0n) is 10.2. The summed E-state index contributed by atoms with van der Waals surface area (Å²) in [5.74, 6) is -1.98. The molecule has 104 valence electrons. The molecule has 6 heteroatoms. The van der Waals surface area contributed by atoms with Crippen LogP contribution in [0.15, 0.2) is 36.4 Å². The lowest BCUT2D eigenvalue weighted by molar-refractivity contribution is 0.0472. The topological polar surface area (TPSA) is 52.3 Å². The van der Waals surface area contributed by atoms with Crippen LogP contribution in [0.4, 0.5) is 14.5 Å². The Morgan fingerprint density at radius 1 is 1.20 bits per heavy atom. The molecule has 2 aromatic carbocycles. The summed E-state index contributed by atoms with van der Waals surface area (Å²) < 4.78 is 31.2. The molecule has 0 unspecified atom stereocenters. The van der Waals surface area contributed by atoms with E-state index in [4.69, 9.17) is 22.1 Å². The van der Waals surface area contributed by atoms with Crippen LogP contribution >= 0.6 is 11.6 Å². The molecule has 0 saturated heterocycles. The number of carbonyl (C=O) groups is 1. The molecule has 0 spiro atoms. The van der Waals surface area contributed by atoms with Crippen molar-refractivity contribution in [3.05, 3.63) is 64.2 Å². The van der Waals surface area contributed by atoms with E-state index >= 15 is 0 Å². The number of ether oxygens (including phenoxy) is 1. The van der Waals surface area contributed by atoms with E-state index in [9.17, 15) is 13.6 Å². The first-order valence-corrected chi connectivity index (χ1v) is 6.00. The lowest BCUT2D eigenvalue weighted by Crippen LogP contribution is -2.06. The van der Waals surface area contributed by atoms with Crippen molar-refractivity contribution in [2.45, 2.75) is 6.61 Å². The first-order valence-electron chi connectivity index (χ1n) is 5.63. The van der Waals surface area contributed by atoms with Crippen LogP contribution in [0, 0.1) is 11.6 Å². The Morgan fingerprint density at radius 3 is 2.60 bits per heavy atom. The van der Waals surface area contributed by atoms with E-state index in [0.717, 1.165) is 18.2 Å². The second-order valence-corrected chi connectivity index (χ2v) is 4.51. The molecule has 0 bridgehead atoms. The first-order chi connectivity index (χ1) is 9.45. The largest absolute Gasteiger partial charge is 0.457 e. The molecular weight excluding hydrogens is 288 g/mol. The summed E-state index contributed by atoms with van der Waals surface area (Å²) in [5.41, 5.74) is 5.98. The van der Waals surface area contributed by atoms with Crippen molar-refractivity contribution in [2.75, 3.05) is 5.73 Å². The molecule has 0 aromatic heterocycles. The van der Waals surface area contributed by atoms with Gasteiger partial charge in [0.1, 0.15) is 18.2 Å². The summed E-state index contributed by atoms with van der Waals surface area (Å²) in [6.07, 6.45) is 0. The molecular formula is C14H10ClF2NO2. The van der Waals surface area contributed by atoms with Gasteiger partial charge in [0, 0.05) is 5.69 Å². The van der Waals surface area contributed by atoms with E-state index in [1.165, 1.54) is 18.2 Å². The number of hydrogen-bond acceptors (Lipinski definition) is 3. The maximum Gasteiger partial charge on any atom is 0.338 e. The van der Waals surface area contributed by atoms with Crippen LogP contribution in [0.25, 0.3) is 0 Å². The number of hydrogen-bond donors (Lipinski definition) is 1. The van der Waals surface area contributed by atoms with E-state index in [1.807, 2.05) is 0 Å². The number of carbonyl (C=O) groups excluding carboxylic acids is 1. The molecule has 0 aliphatic carbocycles. The molecule has 3 nitrogen and oxygen atoms in total. The van der Waals surface area contributed by atoms with Gasteiger partial charge in [-0.1, -0.05) is 17.7 Å². The van der Waals surface area contributed by atoms with Crippen LogP contribution in [0.3, 0.4) is 0 Å². The Bertz CT molecular complexity index is 641. The third kappa shape index (κ3) is 3.45. The maximum absolute atomic E-state index is 13.2. The quantitative estimate of drug-likeness (QED) is 0.696. The Balaban J connectivity index is 2.06. The van der Waals surface area contributed by atoms with Gasteiger partial charge in [-0.25, -0.2) is 13.6 Å². The lowest BCUT2D eigenvalue weighted by Gasteiger charge is -2.06. The summed E-state index contributed by atoms with van der Waals surface area (Å²) in [7, 11) is 0. The molecule has 0 saturated carbocycles. The average molecular weight is 298 g/mol. The molecule has 0 amide bonds. The fourth-order valence-electron chi connectivity index (χ4n) is 1.59. The van der Waals surface area contributed by atoms with Crippen molar-refractivity contribution < 1.29 is 18.3 Å². The predicted octanol–water partition coefficient (Wildman–Crippen LogP) is 3.56. The predicted molar refractivity (Wildman–Crippen MR) is 71.3 cm³/mol. The fourth-order valence-corrected chi connectivity index (χ4v) is 1.71. The minimum absolute atomic E-state index is 0.00284. The number of benzene rings is 2. The van der Waals surface area contributed by atoms with Crippen molar-refractivity contribution in [3.63, 3.8) is 0 Å². The van der Waals surface area contributed by atoms with Crippen LogP contribution in [-0.4, -0.2) is 5.97 Å². The fraction of sp³-hybridized carbons (Fsp3) is 0.0714. The average Bonchev–Trinajstić information content (AvgIpc) is 2.38. The Labute approximate surface area is 118 Å². The van der Waals surface area contributed by atoms with Gasteiger partial charge in [0.05, 0.1) is 10.6 Å². The summed E-state index contributed by atoms with van der Waals surface area (Å²) in [6, 6.07) is 7.45. The van der Waals surface area contributed by atoms with Crippen molar-refractivity contribution in [1.29, 1.82) is 0 Å². The molecule has 2 aromatic rings. The van der Waals surface area contributed by atoms with Gasteiger partial charge in [0.15, 0.2) is 0 Å². The lowest BCUT2D eigenvalue weighted by atomic mass is 10.2. The summed E-state index contributed by atoms with van der Waals surface area (Å²) >= 11 is 5.54. The molecule has 0 radical (unpaired) electrons. The van der Waals surface area contributed by atoms with Gasteiger partial charge in [-0.05, 0) is 35.9 Å². The van der Waals surface area contributed by atoms with Gasteiger partial charge in [0.25, 0.3) is 0 Å². The Hall–Kier alpha value is -2.14. The summed E-state index contributed by atoms with van der Waals surface area (Å²) in [5, 5.41) is -0.0158. The van der Waals surface area contributed by atoms with Crippen LogP contribution < -0.4 is 5.73 Å². The number of rotatable bonds is 3. The minimum atomic E-state index is -0.744. The molecule has 20 heavy (non-hydrogen) atoms. The minimum Gasteiger partial charge on any atom is -0.457 e. The molecule has 0 fully saturated rings. The number of nitrogen functional groups attached to an aromatic ring is 1. The van der Waals surface area contributed by atoms with E-state index in [0.29, 0.717) is 5.56 Å². The van der Waals surface area contributed by atoms with E-state index in [-0.39, 0.29) is 22.9 Å². The number of nitrogens with two attached hydrogens (primary N) is 1. The van der Waals surface area contributed by atoms with Gasteiger partial charge in [-0.2, -0.15) is 0 Å². The number of anilines is 1. The first kappa shape index (κ1) is 14.3. The highest BCUT2D eigenvalue weighted by Crippen LogP contribution is 2.17. The Kier molecular flexibility index (Phi) is 4.20. The highest BCUT2D eigenvalue weighted by Gasteiger charge is 2.10.